The number of anilines is 1. The van der Waals surface area contributed by atoms with Crippen LogP contribution >= 0.6 is 11.3 Å². The zero-order valence-electron chi connectivity index (χ0n) is 11.1. The second-order valence-electron chi connectivity index (χ2n) is 3.94. The van der Waals surface area contributed by atoms with Gasteiger partial charge in [-0.1, -0.05) is 6.92 Å². The van der Waals surface area contributed by atoms with Gasteiger partial charge in [-0.3, -0.25) is 14.4 Å². The third-order valence-corrected chi connectivity index (χ3v) is 3.00. The van der Waals surface area contributed by atoms with Crippen LogP contribution in [0.4, 0.5) is 5.13 Å². The Morgan fingerprint density at radius 3 is 2.75 bits per heavy atom. The van der Waals surface area contributed by atoms with Gasteiger partial charge in [0.15, 0.2) is 11.0 Å². The van der Waals surface area contributed by atoms with Gasteiger partial charge in [-0.25, -0.2) is 4.98 Å². The minimum atomic E-state index is -1.42. The first-order chi connectivity index (χ1) is 9.49. The Morgan fingerprint density at radius 1 is 1.50 bits per heavy atom. The van der Waals surface area contributed by atoms with Crippen molar-refractivity contribution in [2.45, 2.75) is 20.3 Å². The summed E-state index contributed by atoms with van der Waals surface area (Å²) >= 11 is 1.06. The van der Waals surface area contributed by atoms with E-state index in [0.29, 0.717) is 13.0 Å². The van der Waals surface area contributed by atoms with Crippen molar-refractivity contribution >= 4 is 34.1 Å². The van der Waals surface area contributed by atoms with Crippen molar-refractivity contribution in [3.8, 4) is 6.07 Å². The van der Waals surface area contributed by atoms with E-state index >= 15 is 0 Å². The molecule has 1 aromatic rings. The van der Waals surface area contributed by atoms with Crippen LogP contribution in [0.15, 0.2) is 5.38 Å². The molecule has 0 spiro atoms. The van der Waals surface area contributed by atoms with E-state index < -0.39 is 17.6 Å². The van der Waals surface area contributed by atoms with E-state index in [1.165, 1.54) is 12.3 Å². The van der Waals surface area contributed by atoms with E-state index in [1.54, 1.807) is 6.07 Å². The zero-order chi connectivity index (χ0) is 15.1. The summed E-state index contributed by atoms with van der Waals surface area (Å²) in [4.78, 5) is 38.5. The van der Waals surface area contributed by atoms with Gasteiger partial charge in [0.05, 0.1) is 6.07 Å². The van der Waals surface area contributed by atoms with Crippen molar-refractivity contribution < 1.29 is 14.4 Å². The molecule has 2 N–H and O–H groups in total. The van der Waals surface area contributed by atoms with Gasteiger partial charge in [0.25, 0.3) is 0 Å². The molecule has 0 aliphatic heterocycles. The predicted molar refractivity (Wildman–Crippen MR) is 73.2 cm³/mol. The van der Waals surface area contributed by atoms with Crippen LogP contribution in [-0.4, -0.2) is 29.1 Å². The smallest absolute Gasteiger partial charge is 0.245 e. The largest absolute Gasteiger partial charge is 0.355 e. The first-order valence-electron chi connectivity index (χ1n) is 5.94. The molecule has 1 rings (SSSR count). The van der Waals surface area contributed by atoms with Crippen molar-refractivity contribution in [2.24, 2.45) is 5.92 Å². The van der Waals surface area contributed by atoms with Crippen molar-refractivity contribution in [1.29, 1.82) is 5.26 Å². The van der Waals surface area contributed by atoms with Gasteiger partial charge in [0.2, 0.25) is 17.6 Å². The normalized spacial score (nSPS) is 11.2. The van der Waals surface area contributed by atoms with Crippen molar-refractivity contribution in [3.05, 3.63) is 11.1 Å². The van der Waals surface area contributed by atoms with Gasteiger partial charge in [0, 0.05) is 18.8 Å². The van der Waals surface area contributed by atoms with Crippen LogP contribution in [-0.2, 0) is 9.59 Å². The molecule has 2 amide bonds. The van der Waals surface area contributed by atoms with Crippen molar-refractivity contribution in [3.63, 3.8) is 0 Å². The number of nitrogens with zero attached hydrogens (tertiary/aromatic N) is 2. The number of hydrogen-bond acceptors (Lipinski definition) is 6. The predicted octanol–water partition coefficient (Wildman–Crippen LogP) is 0.950. The fraction of sp³-hybridized carbons (Fsp3) is 0.417. The highest BCUT2D eigenvalue weighted by atomic mass is 32.1. The second-order valence-corrected chi connectivity index (χ2v) is 4.79. The maximum Gasteiger partial charge on any atom is 0.245 e. The summed E-state index contributed by atoms with van der Waals surface area (Å²) in [5.74, 6) is -3.04. The summed E-state index contributed by atoms with van der Waals surface area (Å²) < 4.78 is 0. The third kappa shape index (κ3) is 4.13. The lowest BCUT2D eigenvalue weighted by Crippen LogP contribution is -2.35. The molecule has 1 atom stereocenters. The van der Waals surface area contributed by atoms with Gasteiger partial charge >= 0.3 is 0 Å². The summed E-state index contributed by atoms with van der Waals surface area (Å²) in [7, 11) is 0. The van der Waals surface area contributed by atoms with E-state index in [2.05, 4.69) is 15.6 Å². The number of carbonyl (C=O) groups is 3. The standard InChI is InChI=1S/C12H14N4O3S/c1-3-4-14-11(19)8(5-13)10(18)9-6-20-12(16-9)15-7(2)17/h6,8H,3-4H2,1-2H3,(H,14,19)(H,15,16,17). The number of aromatic nitrogens is 1. The van der Waals surface area contributed by atoms with E-state index in [-0.39, 0.29) is 16.7 Å². The highest BCUT2D eigenvalue weighted by molar-refractivity contribution is 7.14. The minimum absolute atomic E-state index is 0.00283. The van der Waals surface area contributed by atoms with Crippen LogP contribution in [0.2, 0.25) is 0 Å². The van der Waals surface area contributed by atoms with Crippen molar-refractivity contribution in [2.75, 3.05) is 11.9 Å². The summed E-state index contributed by atoms with van der Waals surface area (Å²) in [6.07, 6.45) is 0.710. The van der Waals surface area contributed by atoms with Crippen LogP contribution in [0.3, 0.4) is 0 Å². The molecule has 0 aliphatic carbocycles. The van der Waals surface area contributed by atoms with Gasteiger partial charge in [-0.05, 0) is 6.42 Å². The lowest BCUT2D eigenvalue weighted by atomic mass is 10.0. The molecule has 20 heavy (non-hydrogen) atoms. The molecular weight excluding hydrogens is 280 g/mol. The maximum absolute atomic E-state index is 12.0. The highest BCUT2D eigenvalue weighted by Crippen LogP contribution is 2.18. The Hall–Kier alpha value is -2.27. The molecule has 0 aliphatic rings. The average Bonchev–Trinajstić information content (AvgIpc) is 2.84. The fourth-order valence-electron chi connectivity index (χ4n) is 1.33. The number of Topliss-reactive ketones (excluding diaryl/α,β-unsaturated/α-hetero) is 1. The minimum Gasteiger partial charge on any atom is -0.355 e. The molecule has 8 heteroatoms. The molecule has 0 radical (unpaired) electrons. The molecule has 1 heterocycles. The Bertz CT molecular complexity index is 561. The number of rotatable bonds is 6. The monoisotopic (exact) mass is 294 g/mol. The van der Waals surface area contributed by atoms with Crippen LogP contribution < -0.4 is 10.6 Å². The first-order valence-corrected chi connectivity index (χ1v) is 6.82. The Kier molecular flexibility index (Phi) is 5.80. The molecule has 106 valence electrons. The molecule has 0 saturated carbocycles. The number of carbonyl (C=O) groups excluding carboxylic acids is 3. The molecule has 0 aromatic carbocycles. The van der Waals surface area contributed by atoms with Crippen LogP contribution in [0.1, 0.15) is 30.8 Å². The molecule has 1 unspecified atom stereocenters. The van der Waals surface area contributed by atoms with E-state index in [0.717, 1.165) is 11.3 Å². The molecule has 7 nitrogen and oxygen atoms in total. The van der Waals surface area contributed by atoms with Gasteiger partial charge in [-0.15, -0.1) is 11.3 Å². The topological polar surface area (TPSA) is 112 Å². The van der Waals surface area contributed by atoms with Crippen LogP contribution in [0.5, 0.6) is 0 Å². The molecule has 0 fully saturated rings. The SMILES string of the molecule is CCCNC(=O)C(C#N)C(=O)c1csc(NC(C)=O)n1. The number of hydrogen-bond donors (Lipinski definition) is 2. The summed E-state index contributed by atoms with van der Waals surface area (Å²) in [5.41, 5.74) is -0.00283. The number of thiazole rings is 1. The molecule has 0 saturated heterocycles. The lowest BCUT2D eigenvalue weighted by molar-refractivity contribution is -0.122. The average molecular weight is 294 g/mol. The Morgan fingerprint density at radius 2 is 2.20 bits per heavy atom. The lowest BCUT2D eigenvalue weighted by Gasteiger charge is -2.06. The van der Waals surface area contributed by atoms with Crippen LogP contribution in [0, 0.1) is 17.2 Å². The number of nitrogens with one attached hydrogen (secondary N) is 2. The number of nitriles is 1. The number of amides is 2. The second kappa shape index (κ2) is 7.35. The highest BCUT2D eigenvalue weighted by Gasteiger charge is 2.29. The van der Waals surface area contributed by atoms with Gasteiger partial charge in [0.1, 0.15) is 5.69 Å². The zero-order valence-corrected chi connectivity index (χ0v) is 11.9. The maximum atomic E-state index is 12.0. The third-order valence-electron chi connectivity index (χ3n) is 2.24. The number of ketones is 1. The van der Waals surface area contributed by atoms with E-state index in [9.17, 15) is 14.4 Å². The Labute approximate surface area is 120 Å². The molecule has 0 bridgehead atoms. The molecular formula is C12H14N4O3S. The van der Waals surface area contributed by atoms with Gasteiger partial charge in [-0.2, -0.15) is 5.26 Å². The van der Waals surface area contributed by atoms with Crippen molar-refractivity contribution in [1.82, 2.24) is 10.3 Å². The first kappa shape index (κ1) is 15.8. The summed E-state index contributed by atoms with van der Waals surface area (Å²) in [5, 5.41) is 15.5. The van der Waals surface area contributed by atoms with E-state index in [1.807, 2.05) is 6.92 Å². The van der Waals surface area contributed by atoms with E-state index in [4.69, 9.17) is 5.26 Å². The molecule has 1 aromatic heterocycles. The summed E-state index contributed by atoms with van der Waals surface area (Å²) in [6, 6.07) is 1.67. The fourth-order valence-corrected chi connectivity index (χ4v) is 2.08. The Balaban J connectivity index is 2.81. The summed E-state index contributed by atoms with van der Waals surface area (Å²) in [6.45, 7) is 3.58. The quantitative estimate of drug-likeness (QED) is 0.599. The van der Waals surface area contributed by atoms with Crippen LogP contribution in [0.25, 0.3) is 0 Å². The van der Waals surface area contributed by atoms with Gasteiger partial charge < -0.3 is 10.6 Å².